The van der Waals surface area contributed by atoms with Gasteiger partial charge in [0.25, 0.3) is 0 Å². The number of carbonyl (C=O) groups excluding carboxylic acids is 1. The minimum atomic E-state index is -4.00. The van der Waals surface area contributed by atoms with Crippen molar-refractivity contribution in [2.75, 3.05) is 40.5 Å². The van der Waals surface area contributed by atoms with E-state index in [0.717, 1.165) is 0 Å². The topological polar surface area (TPSA) is 140 Å². The molecule has 0 unspecified atom stereocenters. The molecule has 1 aliphatic heterocycles. The van der Waals surface area contributed by atoms with E-state index >= 15 is 0 Å². The van der Waals surface area contributed by atoms with E-state index in [1.54, 1.807) is 12.1 Å². The average molecular weight is 528 g/mol. The number of morpholine rings is 1. The fourth-order valence-electron chi connectivity index (χ4n) is 3.40. The van der Waals surface area contributed by atoms with Gasteiger partial charge in [0.1, 0.15) is 0 Å². The number of methoxy groups -OCH3 is 2. The normalized spacial score (nSPS) is 15.9. The SMILES string of the molecule is COc1ccc(S(=O)(=O)N[C@@H](C)C(=O)NCc2ccc(S(=O)(=O)N3CCOCC3)cc2)cc1OC. The molecule has 0 aliphatic carbocycles. The summed E-state index contributed by atoms with van der Waals surface area (Å²) in [6, 6.07) is 9.22. The van der Waals surface area contributed by atoms with Gasteiger partial charge in [-0.15, -0.1) is 0 Å². The monoisotopic (exact) mass is 527 g/mol. The first kappa shape index (κ1) is 26.9. The van der Waals surface area contributed by atoms with Crippen molar-refractivity contribution < 1.29 is 35.8 Å². The van der Waals surface area contributed by atoms with E-state index in [1.165, 1.54) is 55.8 Å². The maximum Gasteiger partial charge on any atom is 0.243 e. The molecular formula is C22H29N3O8S2. The Morgan fingerprint density at radius 1 is 0.971 bits per heavy atom. The number of rotatable bonds is 10. The molecule has 0 spiro atoms. The standard InChI is InChI=1S/C22H29N3O8S2/c1-16(24-34(27,28)19-8-9-20(31-2)21(14-19)32-3)22(26)23-15-17-4-6-18(7-5-17)35(29,30)25-10-12-33-13-11-25/h4-9,14,16,24H,10-13,15H2,1-3H3,(H,23,26)/t16-/m0/s1. The van der Waals surface area contributed by atoms with Crippen LogP contribution in [0, 0.1) is 0 Å². The summed E-state index contributed by atoms with van der Waals surface area (Å²) in [6.07, 6.45) is 0. The van der Waals surface area contributed by atoms with Crippen molar-refractivity contribution in [3.8, 4) is 11.5 Å². The fraction of sp³-hybridized carbons (Fsp3) is 0.409. The van der Waals surface area contributed by atoms with Crippen LogP contribution in [-0.4, -0.2) is 73.6 Å². The van der Waals surface area contributed by atoms with Crippen molar-refractivity contribution in [1.29, 1.82) is 0 Å². The number of carbonyl (C=O) groups is 1. The highest BCUT2D eigenvalue weighted by atomic mass is 32.2. The highest BCUT2D eigenvalue weighted by Gasteiger charge is 2.26. The van der Waals surface area contributed by atoms with Crippen molar-refractivity contribution in [2.24, 2.45) is 0 Å². The zero-order chi connectivity index (χ0) is 25.6. The summed E-state index contributed by atoms with van der Waals surface area (Å²) in [6.45, 7) is 2.84. The number of benzene rings is 2. The van der Waals surface area contributed by atoms with Crippen LogP contribution in [0.5, 0.6) is 11.5 Å². The smallest absolute Gasteiger partial charge is 0.243 e. The lowest BCUT2D eigenvalue weighted by atomic mass is 10.2. The van der Waals surface area contributed by atoms with Gasteiger partial charge in [0.15, 0.2) is 11.5 Å². The van der Waals surface area contributed by atoms with Gasteiger partial charge in [-0.1, -0.05) is 12.1 Å². The van der Waals surface area contributed by atoms with Gasteiger partial charge in [-0.05, 0) is 36.8 Å². The Hall–Kier alpha value is -2.71. The Bertz CT molecular complexity index is 1240. The summed E-state index contributed by atoms with van der Waals surface area (Å²) >= 11 is 0. The number of sulfonamides is 2. The van der Waals surface area contributed by atoms with Gasteiger partial charge in [0.2, 0.25) is 26.0 Å². The summed E-state index contributed by atoms with van der Waals surface area (Å²) in [7, 11) is -4.78. The summed E-state index contributed by atoms with van der Waals surface area (Å²) in [5, 5.41) is 2.65. The molecule has 0 bridgehead atoms. The van der Waals surface area contributed by atoms with Crippen molar-refractivity contribution in [2.45, 2.75) is 29.3 Å². The van der Waals surface area contributed by atoms with E-state index in [2.05, 4.69) is 10.0 Å². The highest BCUT2D eigenvalue weighted by Crippen LogP contribution is 2.29. The molecule has 1 amide bonds. The third kappa shape index (κ3) is 6.49. The highest BCUT2D eigenvalue weighted by molar-refractivity contribution is 7.89. The maximum atomic E-state index is 12.7. The molecule has 11 nitrogen and oxygen atoms in total. The fourth-order valence-corrected chi connectivity index (χ4v) is 6.02. The van der Waals surface area contributed by atoms with Crippen molar-refractivity contribution in [3.63, 3.8) is 0 Å². The van der Waals surface area contributed by atoms with Crippen LogP contribution in [0.1, 0.15) is 12.5 Å². The van der Waals surface area contributed by atoms with Crippen LogP contribution >= 0.6 is 0 Å². The molecule has 2 aromatic rings. The minimum Gasteiger partial charge on any atom is -0.493 e. The van der Waals surface area contributed by atoms with Gasteiger partial charge < -0.3 is 19.5 Å². The second kappa shape index (κ2) is 11.4. The van der Waals surface area contributed by atoms with Crippen LogP contribution < -0.4 is 19.5 Å². The largest absolute Gasteiger partial charge is 0.493 e. The van der Waals surface area contributed by atoms with E-state index in [1.807, 2.05) is 0 Å². The van der Waals surface area contributed by atoms with E-state index in [-0.39, 0.29) is 22.1 Å². The Labute approximate surface area is 205 Å². The zero-order valence-electron chi connectivity index (χ0n) is 19.7. The first-order valence-corrected chi connectivity index (χ1v) is 13.7. The lowest BCUT2D eigenvalue weighted by Crippen LogP contribution is -2.44. The third-order valence-corrected chi connectivity index (χ3v) is 8.84. The van der Waals surface area contributed by atoms with Crippen molar-refractivity contribution in [3.05, 3.63) is 48.0 Å². The molecule has 1 atom stereocenters. The Balaban J connectivity index is 1.59. The molecule has 2 N–H and O–H groups in total. The Morgan fingerprint density at radius 3 is 2.17 bits per heavy atom. The predicted octanol–water partition coefficient (Wildman–Crippen LogP) is 0.708. The molecule has 192 valence electrons. The van der Waals surface area contributed by atoms with Crippen LogP contribution in [0.25, 0.3) is 0 Å². The summed E-state index contributed by atoms with van der Waals surface area (Å²) in [5.41, 5.74) is 0.661. The number of nitrogens with zero attached hydrogens (tertiary/aromatic N) is 1. The van der Waals surface area contributed by atoms with Crippen LogP contribution in [0.2, 0.25) is 0 Å². The molecule has 1 heterocycles. The van der Waals surface area contributed by atoms with Crippen LogP contribution in [0.15, 0.2) is 52.3 Å². The molecule has 0 aromatic heterocycles. The number of amides is 1. The van der Waals surface area contributed by atoms with Gasteiger partial charge in [-0.3, -0.25) is 4.79 Å². The van der Waals surface area contributed by atoms with Gasteiger partial charge in [0.05, 0.1) is 43.3 Å². The molecule has 1 saturated heterocycles. The van der Waals surface area contributed by atoms with Gasteiger partial charge >= 0.3 is 0 Å². The first-order chi connectivity index (χ1) is 16.6. The Kier molecular flexibility index (Phi) is 8.72. The second-order valence-corrected chi connectivity index (χ2v) is 11.4. The average Bonchev–Trinajstić information content (AvgIpc) is 2.87. The lowest BCUT2D eigenvalue weighted by Gasteiger charge is -2.26. The van der Waals surface area contributed by atoms with Gasteiger partial charge in [0, 0.05) is 25.7 Å². The molecule has 13 heteroatoms. The van der Waals surface area contributed by atoms with E-state index in [4.69, 9.17) is 14.2 Å². The number of hydrogen-bond acceptors (Lipinski definition) is 8. The van der Waals surface area contributed by atoms with E-state index in [9.17, 15) is 21.6 Å². The van der Waals surface area contributed by atoms with Crippen molar-refractivity contribution in [1.82, 2.24) is 14.3 Å². The van der Waals surface area contributed by atoms with E-state index < -0.39 is 32.0 Å². The Morgan fingerprint density at radius 2 is 1.57 bits per heavy atom. The summed E-state index contributed by atoms with van der Waals surface area (Å²) in [4.78, 5) is 12.6. The molecule has 0 radical (unpaired) electrons. The zero-order valence-corrected chi connectivity index (χ0v) is 21.3. The number of hydrogen-bond donors (Lipinski definition) is 2. The van der Waals surface area contributed by atoms with Crippen molar-refractivity contribution >= 4 is 26.0 Å². The van der Waals surface area contributed by atoms with Crippen LogP contribution in [0.3, 0.4) is 0 Å². The first-order valence-electron chi connectivity index (χ1n) is 10.8. The molecule has 35 heavy (non-hydrogen) atoms. The molecular weight excluding hydrogens is 498 g/mol. The van der Waals surface area contributed by atoms with Crippen LogP contribution in [0.4, 0.5) is 0 Å². The summed E-state index contributed by atoms with van der Waals surface area (Å²) < 4.78 is 69.9. The molecule has 2 aromatic carbocycles. The third-order valence-electron chi connectivity index (χ3n) is 5.39. The quantitative estimate of drug-likeness (QED) is 0.460. The molecule has 0 saturated carbocycles. The summed E-state index contributed by atoms with van der Waals surface area (Å²) in [5.74, 6) is 0.0756. The van der Waals surface area contributed by atoms with E-state index in [0.29, 0.717) is 37.6 Å². The minimum absolute atomic E-state index is 0.0770. The molecule has 3 rings (SSSR count). The maximum absolute atomic E-state index is 12.7. The van der Waals surface area contributed by atoms with Crippen LogP contribution in [-0.2, 0) is 36.1 Å². The number of nitrogens with one attached hydrogen (secondary N) is 2. The van der Waals surface area contributed by atoms with Gasteiger partial charge in [-0.25, -0.2) is 16.8 Å². The lowest BCUT2D eigenvalue weighted by molar-refractivity contribution is -0.122. The number of ether oxygens (including phenoxy) is 3. The van der Waals surface area contributed by atoms with Gasteiger partial charge in [-0.2, -0.15) is 9.03 Å². The predicted molar refractivity (Wildman–Crippen MR) is 127 cm³/mol. The molecule has 1 aliphatic rings. The molecule has 1 fully saturated rings. The second-order valence-electron chi connectivity index (χ2n) is 7.74.